The molecule has 0 bridgehead atoms. The van der Waals surface area contributed by atoms with Gasteiger partial charge >= 0.3 is 0 Å². The Morgan fingerprint density at radius 1 is 1.44 bits per heavy atom. The summed E-state index contributed by atoms with van der Waals surface area (Å²) in [5.41, 5.74) is 6.19. The Hall–Kier alpha value is -2.06. The van der Waals surface area contributed by atoms with E-state index in [0.717, 1.165) is 0 Å². The molecule has 0 saturated heterocycles. The molecule has 0 spiro atoms. The summed E-state index contributed by atoms with van der Waals surface area (Å²) in [6, 6.07) is 2.83. The standard InChI is InChI=1S/C10H13N5O3/c1-17-8-3-2-7(13-14-8)9-12-10(18-15-9)6(11)4-5-16/h2-3,6,16H,4-5,11H2,1H3. The first-order chi connectivity index (χ1) is 8.74. The molecule has 0 fully saturated rings. The number of rotatable bonds is 5. The molecule has 0 radical (unpaired) electrons. The summed E-state index contributed by atoms with van der Waals surface area (Å²) in [5, 5.41) is 20.2. The Labute approximate surface area is 103 Å². The molecule has 0 aliphatic rings. The normalized spacial score (nSPS) is 12.4. The topological polar surface area (TPSA) is 120 Å². The summed E-state index contributed by atoms with van der Waals surface area (Å²) in [4.78, 5) is 4.10. The molecule has 2 aromatic heterocycles. The highest BCUT2D eigenvalue weighted by Crippen LogP contribution is 2.17. The first-order valence-electron chi connectivity index (χ1n) is 5.32. The average Bonchev–Trinajstić information content (AvgIpc) is 2.89. The Morgan fingerprint density at radius 3 is 2.89 bits per heavy atom. The molecule has 2 rings (SSSR count). The fourth-order valence-electron chi connectivity index (χ4n) is 1.30. The van der Waals surface area contributed by atoms with E-state index in [1.807, 2.05) is 0 Å². The number of nitrogens with two attached hydrogens (primary N) is 1. The predicted molar refractivity (Wildman–Crippen MR) is 60.5 cm³/mol. The van der Waals surface area contributed by atoms with E-state index in [1.54, 1.807) is 12.1 Å². The van der Waals surface area contributed by atoms with Gasteiger partial charge in [0.2, 0.25) is 17.6 Å². The molecule has 0 amide bonds. The zero-order chi connectivity index (χ0) is 13.0. The highest BCUT2D eigenvalue weighted by atomic mass is 16.5. The van der Waals surface area contributed by atoms with Crippen LogP contribution in [0, 0.1) is 0 Å². The molecule has 2 aromatic rings. The third kappa shape index (κ3) is 2.60. The minimum atomic E-state index is -0.484. The van der Waals surface area contributed by atoms with Gasteiger partial charge in [-0.15, -0.1) is 10.2 Å². The number of aliphatic hydroxyl groups excluding tert-OH is 1. The Morgan fingerprint density at radius 2 is 2.28 bits per heavy atom. The maximum absolute atomic E-state index is 8.77. The number of methoxy groups -OCH3 is 1. The molecular weight excluding hydrogens is 238 g/mol. The predicted octanol–water partition coefficient (Wildman–Crippen LogP) is -0.0826. The zero-order valence-electron chi connectivity index (χ0n) is 9.78. The quantitative estimate of drug-likeness (QED) is 0.756. The van der Waals surface area contributed by atoms with Crippen LogP contribution in [0.15, 0.2) is 16.7 Å². The van der Waals surface area contributed by atoms with Crippen molar-refractivity contribution in [1.82, 2.24) is 20.3 Å². The Bertz CT molecular complexity index is 498. The van der Waals surface area contributed by atoms with Crippen LogP contribution in [0.2, 0.25) is 0 Å². The third-order valence-corrected chi connectivity index (χ3v) is 2.28. The summed E-state index contributed by atoms with van der Waals surface area (Å²) in [5.74, 6) is 0.963. The van der Waals surface area contributed by atoms with Crippen LogP contribution in [0.5, 0.6) is 5.88 Å². The molecule has 0 saturated carbocycles. The molecular formula is C10H13N5O3. The Balaban J connectivity index is 2.18. The van der Waals surface area contributed by atoms with Gasteiger partial charge in [0.1, 0.15) is 5.69 Å². The van der Waals surface area contributed by atoms with Crippen molar-refractivity contribution in [1.29, 1.82) is 0 Å². The van der Waals surface area contributed by atoms with Crippen LogP contribution in [-0.2, 0) is 0 Å². The smallest absolute Gasteiger partial charge is 0.244 e. The van der Waals surface area contributed by atoms with Crippen molar-refractivity contribution >= 4 is 0 Å². The third-order valence-electron chi connectivity index (χ3n) is 2.28. The van der Waals surface area contributed by atoms with E-state index in [0.29, 0.717) is 23.8 Å². The molecule has 0 aromatic carbocycles. The highest BCUT2D eigenvalue weighted by molar-refractivity contribution is 5.47. The van der Waals surface area contributed by atoms with E-state index in [1.165, 1.54) is 7.11 Å². The molecule has 0 aliphatic heterocycles. The maximum Gasteiger partial charge on any atom is 0.244 e. The van der Waals surface area contributed by atoms with Gasteiger partial charge in [0.15, 0.2) is 0 Å². The fraction of sp³-hybridized carbons (Fsp3) is 0.400. The lowest BCUT2D eigenvalue weighted by Crippen LogP contribution is -2.12. The fourth-order valence-corrected chi connectivity index (χ4v) is 1.30. The molecule has 18 heavy (non-hydrogen) atoms. The van der Waals surface area contributed by atoms with Gasteiger partial charge in [0.05, 0.1) is 13.2 Å². The number of ether oxygens (including phenoxy) is 1. The van der Waals surface area contributed by atoms with Crippen LogP contribution in [-0.4, -0.2) is 39.2 Å². The first kappa shape index (κ1) is 12.4. The highest BCUT2D eigenvalue weighted by Gasteiger charge is 2.16. The van der Waals surface area contributed by atoms with Crippen LogP contribution >= 0.6 is 0 Å². The monoisotopic (exact) mass is 251 g/mol. The Kier molecular flexibility index (Phi) is 3.80. The van der Waals surface area contributed by atoms with Gasteiger partial charge in [-0.2, -0.15) is 4.98 Å². The molecule has 1 atom stereocenters. The summed E-state index contributed by atoms with van der Waals surface area (Å²) in [7, 11) is 1.50. The summed E-state index contributed by atoms with van der Waals surface area (Å²) >= 11 is 0. The summed E-state index contributed by atoms with van der Waals surface area (Å²) < 4.78 is 9.89. The largest absolute Gasteiger partial charge is 0.480 e. The van der Waals surface area contributed by atoms with Crippen molar-refractivity contribution in [3.05, 3.63) is 18.0 Å². The van der Waals surface area contributed by atoms with E-state index < -0.39 is 6.04 Å². The zero-order valence-corrected chi connectivity index (χ0v) is 9.78. The van der Waals surface area contributed by atoms with Crippen molar-refractivity contribution in [2.45, 2.75) is 12.5 Å². The number of aliphatic hydroxyl groups is 1. The van der Waals surface area contributed by atoms with Gasteiger partial charge in [-0.25, -0.2) is 0 Å². The van der Waals surface area contributed by atoms with Gasteiger partial charge in [-0.1, -0.05) is 5.16 Å². The molecule has 1 unspecified atom stereocenters. The molecule has 2 heterocycles. The van der Waals surface area contributed by atoms with E-state index in [-0.39, 0.29) is 12.5 Å². The second-order valence-electron chi connectivity index (χ2n) is 3.54. The lowest BCUT2D eigenvalue weighted by Gasteiger charge is -2.01. The minimum Gasteiger partial charge on any atom is -0.480 e. The van der Waals surface area contributed by atoms with Crippen LogP contribution < -0.4 is 10.5 Å². The molecule has 8 nitrogen and oxygen atoms in total. The van der Waals surface area contributed by atoms with Gasteiger partial charge in [-0.3, -0.25) is 0 Å². The van der Waals surface area contributed by atoms with E-state index in [4.69, 9.17) is 20.1 Å². The van der Waals surface area contributed by atoms with Crippen LogP contribution in [0.1, 0.15) is 18.4 Å². The van der Waals surface area contributed by atoms with Crippen molar-refractivity contribution in [3.8, 4) is 17.4 Å². The van der Waals surface area contributed by atoms with Crippen molar-refractivity contribution in [2.75, 3.05) is 13.7 Å². The molecule has 8 heteroatoms. The van der Waals surface area contributed by atoms with Crippen molar-refractivity contribution in [2.24, 2.45) is 5.73 Å². The van der Waals surface area contributed by atoms with Crippen LogP contribution in [0.3, 0.4) is 0 Å². The van der Waals surface area contributed by atoms with E-state index in [9.17, 15) is 0 Å². The second-order valence-corrected chi connectivity index (χ2v) is 3.54. The number of hydrogen-bond acceptors (Lipinski definition) is 8. The van der Waals surface area contributed by atoms with Crippen LogP contribution in [0.4, 0.5) is 0 Å². The van der Waals surface area contributed by atoms with Gasteiger partial charge in [-0.05, 0) is 12.5 Å². The molecule has 96 valence electrons. The number of nitrogens with zero attached hydrogens (tertiary/aromatic N) is 4. The summed E-state index contributed by atoms with van der Waals surface area (Å²) in [6.07, 6.45) is 0.357. The maximum atomic E-state index is 8.77. The van der Waals surface area contributed by atoms with Crippen molar-refractivity contribution < 1.29 is 14.4 Å². The van der Waals surface area contributed by atoms with Crippen LogP contribution in [0.25, 0.3) is 11.5 Å². The van der Waals surface area contributed by atoms with E-state index in [2.05, 4.69) is 20.3 Å². The molecule has 0 aliphatic carbocycles. The van der Waals surface area contributed by atoms with Gasteiger partial charge in [0, 0.05) is 12.7 Å². The van der Waals surface area contributed by atoms with Gasteiger partial charge in [0.25, 0.3) is 0 Å². The molecule has 3 N–H and O–H groups in total. The lowest BCUT2D eigenvalue weighted by molar-refractivity contribution is 0.259. The van der Waals surface area contributed by atoms with Crippen molar-refractivity contribution in [3.63, 3.8) is 0 Å². The van der Waals surface area contributed by atoms with E-state index >= 15 is 0 Å². The first-order valence-corrected chi connectivity index (χ1v) is 5.32. The SMILES string of the molecule is COc1ccc(-c2noc(C(N)CCO)n2)nn1. The summed E-state index contributed by atoms with van der Waals surface area (Å²) in [6.45, 7) is -0.0405. The number of aromatic nitrogens is 4. The minimum absolute atomic E-state index is 0.0405. The van der Waals surface area contributed by atoms with Gasteiger partial charge < -0.3 is 20.1 Å². The number of hydrogen-bond donors (Lipinski definition) is 2. The average molecular weight is 251 g/mol. The lowest BCUT2D eigenvalue weighted by atomic mass is 10.2. The second kappa shape index (κ2) is 5.52.